The molecule has 158 valence electrons. The number of hydrogen-bond donors (Lipinski definition) is 2. The minimum absolute atomic E-state index is 0. The molecular weight excluding hydrogens is 390 g/mol. The van der Waals surface area contributed by atoms with E-state index in [1.165, 1.54) is 12.8 Å². The normalized spacial score (nSPS) is 20.3. The highest BCUT2D eigenvalue weighted by molar-refractivity contribution is 5.96. The molecule has 2 amide bonds. The molecule has 6 nitrogen and oxygen atoms in total. The van der Waals surface area contributed by atoms with Crippen molar-refractivity contribution in [3.8, 4) is 0 Å². The summed E-state index contributed by atoms with van der Waals surface area (Å²) in [5.41, 5.74) is 0.714. The number of carbonyl (C=O) groups excluding carboxylic acids is 2. The fourth-order valence-corrected chi connectivity index (χ4v) is 4.33. The fourth-order valence-electron chi connectivity index (χ4n) is 4.33. The number of para-hydroxylation sites is 1. The molecule has 1 unspecified atom stereocenters. The Morgan fingerprint density at radius 1 is 1.17 bits per heavy atom. The molecular formula is C22H30ClN3O3. The van der Waals surface area contributed by atoms with Gasteiger partial charge in [-0.3, -0.25) is 9.59 Å². The van der Waals surface area contributed by atoms with Gasteiger partial charge < -0.3 is 20.0 Å². The van der Waals surface area contributed by atoms with Crippen LogP contribution in [0.4, 0.5) is 0 Å². The van der Waals surface area contributed by atoms with E-state index in [9.17, 15) is 9.59 Å². The number of benzene rings is 1. The van der Waals surface area contributed by atoms with Crippen LogP contribution in [0.3, 0.4) is 0 Å². The minimum atomic E-state index is -0.204. The van der Waals surface area contributed by atoms with Crippen LogP contribution in [0.5, 0.6) is 0 Å². The highest BCUT2D eigenvalue weighted by atomic mass is 35.5. The van der Waals surface area contributed by atoms with Gasteiger partial charge in [0.1, 0.15) is 5.58 Å². The first-order valence-electron chi connectivity index (χ1n) is 10.5. The largest absolute Gasteiger partial charge is 0.451 e. The van der Waals surface area contributed by atoms with E-state index < -0.39 is 0 Å². The summed E-state index contributed by atoms with van der Waals surface area (Å²) in [4.78, 5) is 27.1. The molecule has 2 aliphatic rings. The van der Waals surface area contributed by atoms with E-state index in [0.717, 1.165) is 44.3 Å². The molecule has 1 atom stereocenters. The molecule has 1 aromatic carbocycles. The van der Waals surface area contributed by atoms with E-state index in [0.29, 0.717) is 30.2 Å². The Bertz CT molecular complexity index is 799. The van der Waals surface area contributed by atoms with E-state index >= 15 is 0 Å². The summed E-state index contributed by atoms with van der Waals surface area (Å²) in [7, 11) is 0. The fraction of sp³-hybridized carbons (Fsp3) is 0.545. The zero-order valence-electron chi connectivity index (χ0n) is 16.7. The third kappa shape index (κ3) is 5.52. The maximum atomic E-state index is 12.6. The van der Waals surface area contributed by atoms with Crippen LogP contribution in [0, 0.1) is 5.92 Å². The van der Waals surface area contributed by atoms with Gasteiger partial charge in [0.05, 0.1) is 0 Å². The maximum Gasteiger partial charge on any atom is 0.287 e. The minimum Gasteiger partial charge on any atom is -0.451 e. The lowest BCUT2D eigenvalue weighted by molar-refractivity contribution is -0.132. The third-order valence-electron chi connectivity index (χ3n) is 5.98. The summed E-state index contributed by atoms with van der Waals surface area (Å²) in [6.45, 7) is 3.52. The first-order chi connectivity index (χ1) is 13.7. The highest BCUT2D eigenvalue weighted by Gasteiger charge is 2.26. The average molecular weight is 420 g/mol. The maximum absolute atomic E-state index is 12.6. The zero-order valence-corrected chi connectivity index (χ0v) is 17.5. The second-order valence-electron chi connectivity index (χ2n) is 8.03. The van der Waals surface area contributed by atoms with Gasteiger partial charge in [-0.2, -0.15) is 0 Å². The Balaban J connectivity index is 0.00000240. The monoisotopic (exact) mass is 419 g/mol. The number of nitrogens with zero attached hydrogens (tertiary/aromatic N) is 1. The summed E-state index contributed by atoms with van der Waals surface area (Å²) >= 11 is 0. The first-order valence-corrected chi connectivity index (χ1v) is 10.5. The number of rotatable bonds is 5. The Kier molecular flexibility index (Phi) is 7.56. The lowest BCUT2D eigenvalue weighted by atomic mass is 9.93. The van der Waals surface area contributed by atoms with Crippen LogP contribution < -0.4 is 10.6 Å². The van der Waals surface area contributed by atoms with Gasteiger partial charge in [0.2, 0.25) is 5.91 Å². The van der Waals surface area contributed by atoms with Gasteiger partial charge in [-0.15, -0.1) is 12.4 Å². The number of likely N-dealkylation sites (tertiary alicyclic amines) is 1. The van der Waals surface area contributed by atoms with Crippen LogP contribution in [-0.2, 0) is 4.79 Å². The van der Waals surface area contributed by atoms with E-state index in [2.05, 4.69) is 10.6 Å². The molecule has 3 heterocycles. The Morgan fingerprint density at radius 2 is 1.97 bits per heavy atom. The highest BCUT2D eigenvalue weighted by Crippen LogP contribution is 2.21. The second kappa shape index (κ2) is 10.1. The van der Waals surface area contributed by atoms with Gasteiger partial charge >= 0.3 is 0 Å². The standard InChI is InChI=1S/C22H29N3O3.ClH/c26-21(8-7-16-9-11-23-12-10-16)25-13-3-5-18(15-25)24-22(27)20-14-17-4-1-2-6-19(17)28-20;/h1-2,4,6,14,16,18,23H,3,5,7-13,15H2,(H,24,27);1H. The Hall–Kier alpha value is -2.05. The molecule has 2 saturated heterocycles. The van der Waals surface area contributed by atoms with Gasteiger partial charge in [0.25, 0.3) is 5.91 Å². The van der Waals surface area contributed by atoms with Crippen molar-refractivity contribution in [3.63, 3.8) is 0 Å². The Morgan fingerprint density at radius 3 is 2.76 bits per heavy atom. The van der Waals surface area contributed by atoms with Gasteiger partial charge in [-0.1, -0.05) is 18.2 Å². The van der Waals surface area contributed by atoms with Crippen molar-refractivity contribution in [3.05, 3.63) is 36.1 Å². The predicted molar refractivity (Wildman–Crippen MR) is 115 cm³/mol. The number of halogens is 1. The Labute approximate surface area is 177 Å². The van der Waals surface area contributed by atoms with Gasteiger partial charge in [-0.05, 0) is 63.2 Å². The van der Waals surface area contributed by atoms with Crippen LogP contribution >= 0.6 is 12.4 Å². The third-order valence-corrected chi connectivity index (χ3v) is 5.98. The number of hydrogen-bond acceptors (Lipinski definition) is 4. The topological polar surface area (TPSA) is 74.6 Å². The molecule has 7 heteroatoms. The molecule has 0 bridgehead atoms. The van der Waals surface area contributed by atoms with E-state index in [1.807, 2.05) is 29.2 Å². The number of nitrogens with one attached hydrogen (secondary N) is 2. The van der Waals surface area contributed by atoms with E-state index in [4.69, 9.17) is 4.42 Å². The van der Waals surface area contributed by atoms with E-state index in [1.54, 1.807) is 6.07 Å². The molecule has 2 aromatic rings. The van der Waals surface area contributed by atoms with Crippen molar-refractivity contribution in [2.75, 3.05) is 26.2 Å². The molecule has 2 fully saturated rings. The number of amides is 2. The molecule has 2 aliphatic heterocycles. The van der Waals surface area contributed by atoms with Gasteiger partial charge in [0, 0.05) is 30.9 Å². The second-order valence-corrected chi connectivity index (χ2v) is 8.03. The SMILES string of the molecule is Cl.O=C(NC1CCCN(C(=O)CCC2CCNCC2)C1)c1cc2ccccc2o1. The van der Waals surface area contributed by atoms with Crippen molar-refractivity contribution in [1.29, 1.82) is 0 Å². The van der Waals surface area contributed by atoms with Crippen LogP contribution in [-0.4, -0.2) is 48.9 Å². The van der Waals surface area contributed by atoms with Gasteiger partial charge in [-0.25, -0.2) is 0 Å². The van der Waals surface area contributed by atoms with Crippen molar-refractivity contribution >= 4 is 35.2 Å². The summed E-state index contributed by atoms with van der Waals surface area (Å²) < 4.78 is 5.65. The number of carbonyl (C=O) groups is 2. The summed E-state index contributed by atoms with van der Waals surface area (Å²) in [6.07, 6.45) is 5.75. The van der Waals surface area contributed by atoms with Crippen molar-refractivity contribution in [1.82, 2.24) is 15.5 Å². The molecule has 0 aliphatic carbocycles. The molecule has 1 aromatic heterocycles. The summed E-state index contributed by atoms with van der Waals surface area (Å²) in [5, 5.41) is 7.34. The zero-order chi connectivity index (χ0) is 19.3. The lowest BCUT2D eigenvalue weighted by Crippen LogP contribution is -2.49. The average Bonchev–Trinajstić information content (AvgIpc) is 3.17. The van der Waals surface area contributed by atoms with Crippen molar-refractivity contribution < 1.29 is 14.0 Å². The number of piperidine rings is 2. The molecule has 0 radical (unpaired) electrons. The van der Waals surface area contributed by atoms with Crippen molar-refractivity contribution in [2.45, 2.75) is 44.6 Å². The van der Waals surface area contributed by atoms with Crippen LogP contribution in [0.25, 0.3) is 11.0 Å². The van der Waals surface area contributed by atoms with Crippen LogP contribution in [0.2, 0.25) is 0 Å². The predicted octanol–water partition coefficient (Wildman–Crippen LogP) is 3.36. The van der Waals surface area contributed by atoms with Crippen molar-refractivity contribution in [2.24, 2.45) is 5.92 Å². The van der Waals surface area contributed by atoms with Crippen LogP contribution in [0.15, 0.2) is 34.7 Å². The smallest absolute Gasteiger partial charge is 0.287 e. The molecule has 2 N–H and O–H groups in total. The molecule has 0 saturated carbocycles. The first kappa shape index (κ1) is 21.7. The molecule has 4 rings (SSSR count). The summed E-state index contributed by atoms with van der Waals surface area (Å²) in [5.74, 6) is 1.01. The quantitative estimate of drug-likeness (QED) is 0.779. The lowest BCUT2D eigenvalue weighted by Gasteiger charge is -2.33. The molecule has 29 heavy (non-hydrogen) atoms. The van der Waals surface area contributed by atoms with Gasteiger partial charge in [0.15, 0.2) is 5.76 Å². The summed E-state index contributed by atoms with van der Waals surface area (Å²) in [6, 6.07) is 9.36. The molecule has 0 spiro atoms. The number of furan rings is 1. The van der Waals surface area contributed by atoms with Crippen LogP contribution in [0.1, 0.15) is 49.1 Å². The van der Waals surface area contributed by atoms with E-state index in [-0.39, 0.29) is 30.3 Å². The number of fused-ring (bicyclic) bond motifs is 1.